The van der Waals surface area contributed by atoms with Gasteiger partial charge in [0.1, 0.15) is 12.1 Å². The second kappa shape index (κ2) is 6.07. The lowest BCUT2D eigenvalue weighted by molar-refractivity contribution is -0.0195. The first kappa shape index (κ1) is 15.6. The van der Waals surface area contributed by atoms with Gasteiger partial charge in [-0.3, -0.25) is 5.01 Å². The summed E-state index contributed by atoms with van der Waals surface area (Å²) in [5.41, 5.74) is 2.50. The molecule has 1 aliphatic carbocycles. The van der Waals surface area contributed by atoms with Crippen LogP contribution in [0.25, 0.3) is 0 Å². The summed E-state index contributed by atoms with van der Waals surface area (Å²) in [6, 6.07) is 14.8. The van der Waals surface area contributed by atoms with Gasteiger partial charge in [0.15, 0.2) is 0 Å². The van der Waals surface area contributed by atoms with Crippen LogP contribution in [0.3, 0.4) is 0 Å². The molecule has 3 rings (SSSR count). The zero-order valence-electron chi connectivity index (χ0n) is 13.8. The summed E-state index contributed by atoms with van der Waals surface area (Å²) < 4.78 is 0. The molecule has 0 fully saturated rings. The lowest BCUT2D eigenvalue weighted by Gasteiger charge is -2.50. The molecule has 1 aromatic carbocycles. The maximum Gasteiger partial charge on any atom is 0.235 e. The molecule has 0 bridgehead atoms. The molecule has 0 saturated heterocycles. The van der Waals surface area contributed by atoms with Gasteiger partial charge in [-0.25, -0.2) is 5.01 Å². The monoisotopic (exact) mass is 306 g/mol. The zero-order chi connectivity index (χ0) is 16.4. The van der Waals surface area contributed by atoms with E-state index >= 15 is 0 Å². The number of hydrogen-bond acceptors (Lipinski definition) is 4. The molecule has 4 heteroatoms. The Hall–Kier alpha value is -2.30. The Bertz CT molecular complexity index is 676. The van der Waals surface area contributed by atoms with Crippen LogP contribution < -0.4 is 0 Å². The van der Waals surface area contributed by atoms with Crippen molar-refractivity contribution in [2.24, 2.45) is 0 Å². The SMILES string of the molecule is CN(C)N1C2=C(CCCC2)CC(c2ccccc2)C1(C#N)C#N. The lowest BCUT2D eigenvalue weighted by Crippen LogP contribution is -2.58. The predicted octanol–water partition coefficient (Wildman–Crippen LogP) is 3.57. The van der Waals surface area contributed by atoms with Crippen LogP contribution in [0.15, 0.2) is 41.6 Å². The summed E-state index contributed by atoms with van der Waals surface area (Å²) in [7, 11) is 3.85. The van der Waals surface area contributed by atoms with E-state index in [9.17, 15) is 10.5 Å². The third-order valence-corrected chi connectivity index (χ3v) is 5.04. The molecule has 2 aliphatic rings. The average Bonchev–Trinajstić information content (AvgIpc) is 2.60. The fourth-order valence-corrected chi connectivity index (χ4v) is 4.06. The van der Waals surface area contributed by atoms with Crippen LogP contribution in [0.2, 0.25) is 0 Å². The third kappa shape index (κ3) is 2.40. The van der Waals surface area contributed by atoms with Crippen molar-refractivity contribution in [3.8, 4) is 12.1 Å². The van der Waals surface area contributed by atoms with E-state index in [1.54, 1.807) is 0 Å². The van der Waals surface area contributed by atoms with Gasteiger partial charge in [-0.2, -0.15) is 10.5 Å². The summed E-state index contributed by atoms with van der Waals surface area (Å²) in [6.07, 6.45) is 5.18. The highest BCUT2D eigenvalue weighted by Crippen LogP contribution is 2.48. The van der Waals surface area contributed by atoms with E-state index in [1.165, 1.54) is 17.7 Å². The van der Waals surface area contributed by atoms with E-state index in [1.807, 2.05) is 54.4 Å². The zero-order valence-corrected chi connectivity index (χ0v) is 13.8. The molecule has 0 amide bonds. The topological polar surface area (TPSA) is 54.1 Å². The maximum atomic E-state index is 10.0. The fourth-order valence-electron chi connectivity index (χ4n) is 4.06. The minimum Gasteiger partial charge on any atom is -0.277 e. The summed E-state index contributed by atoms with van der Waals surface area (Å²) >= 11 is 0. The first-order chi connectivity index (χ1) is 11.1. The van der Waals surface area contributed by atoms with Crippen molar-refractivity contribution in [1.82, 2.24) is 10.0 Å². The quantitative estimate of drug-likeness (QED) is 0.838. The number of benzene rings is 1. The van der Waals surface area contributed by atoms with Crippen LogP contribution in [0, 0.1) is 22.7 Å². The van der Waals surface area contributed by atoms with E-state index in [0.29, 0.717) is 0 Å². The van der Waals surface area contributed by atoms with E-state index in [2.05, 4.69) is 12.1 Å². The number of nitriles is 2. The summed E-state index contributed by atoms with van der Waals surface area (Å²) in [6.45, 7) is 0. The summed E-state index contributed by atoms with van der Waals surface area (Å²) in [4.78, 5) is 0. The van der Waals surface area contributed by atoms with Crippen molar-refractivity contribution in [2.45, 2.75) is 43.6 Å². The van der Waals surface area contributed by atoms with E-state index in [-0.39, 0.29) is 5.92 Å². The fraction of sp³-hybridized carbons (Fsp3) is 0.474. The van der Waals surface area contributed by atoms with Crippen molar-refractivity contribution < 1.29 is 0 Å². The highest BCUT2D eigenvalue weighted by atomic mass is 15.6. The van der Waals surface area contributed by atoms with Gasteiger partial charge in [0.05, 0.1) is 0 Å². The largest absolute Gasteiger partial charge is 0.277 e. The smallest absolute Gasteiger partial charge is 0.235 e. The van der Waals surface area contributed by atoms with Crippen LogP contribution in [-0.2, 0) is 0 Å². The second-order valence-electron chi connectivity index (χ2n) is 6.57. The minimum atomic E-state index is -1.18. The van der Waals surface area contributed by atoms with Gasteiger partial charge < -0.3 is 0 Å². The Kier molecular flexibility index (Phi) is 4.11. The van der Waals surface area contributed by atoms with Crippen LogP contribution >= 0.6 is 0 Å². The normalized spacial score (nSPS) is 23.2. The molecule has 0 saturated carbocycles. The number of hydrazine groups is 1. The predicted molar refractivity (Wildman–Crippen MR) is 88.8 cm³/mol. The Morgan fingerprint density at radius 2 is 1.74 bits per heavy atom. The number of allylic oxidation sites excluding steroid dienone is 2. The molecule has 23 heavy (non-hydrogen) atoms. The van der Waals surface area contributed by atoms with Gasteiger partial charge in [-0.15, -0.1) is 0 Å². The first-order valence-corrected chi connectivity index (χ1v) is 8.20. The maximum absolute atomic E-state index is 10.0. The molecule has 118 valence electrons. The molecule has 0 radical (unpaired) electrons. The molecule has 1 atom stereocenters. The molecular weight excluding hydrogens is 284 g/mol. The van der Waals surface area contributed by atoms with E-state index < -0.39 is 5.54 Å². The number of nitrogens with zero attached hydrogens (tertiary/aromatic N) is 4. The van der Waals surface area contributed by atoms with Crippen LogP contribution in [0.5, 0.6) is 0 Å². The van der Waals surface area contributed by atoms with Crippen LogP contribution in [0.1, 0.15) is 43.6 Å². The Morgan fingerprint density at radius 3 is 2.35 bits per heavy atom. The molecule has 0 N–H and O–H groups in total. The van der Waals surface area contributed by atoms with Crippen molar-refractivity contribution in [1.29, 1.82) is 10.5 Å². The average molecular weight is 306 g/mol. The van der Waals surface area contributed by atoms with Gasteiger partial charge in [-0.05, 0) is 43.2 Å². The highest BCUT2D eigenvalue weighted by molar-refractivity contribution is 5.43. The number of rotatable bonds is 2. The summed E-state index contributed by atoms with van der Waals surface area (Å²) in [5, 5.41) is 23.9. The van der Waals surface area contributed by atoms with E-state index in [4.69, 9.17) is 0 Å². The molecule has 1 heterocycles. The molecule has 1 aliphatic heterocycles. The Balaban J connectivity index is 2.19. The second-order valence-corrected chi connectivity index (χ2v) is 6.57. The number of hydrogen-bond donors (Lipinski definition) is 0. The molecule has 4 nitrogen and oxygen atoms in total. The van der Waals surface area contributed by atoms with Crippen molar-refractivity contribution in [3.63, 3.8) is 0 Å². The molecule has 0 aromatic heterocycles. The van der Waals surface area contributed by atoms with Gasteiger partial charge in [0.25, 0.3) is 0 Å². The Labute approximate surface area is 138 Å². The van der Waals surface area contributed by atoms with E-state index in [0.717, 1.165) is 31.2 Å². The molecule has 0 spiro atoms. The van der Waals surface area contributed by atoms with Crippen LogP contribution in [-0.4, -0.2) is 29.7 Å². The first-order valence-electron chi connectivity index (χ1n) is 8.20. The Morgan fingerprint density at radius 1 is 1.09 bits per heavy atom. The van der Waals surface area contributed by atoms with Gasteiger partial charge in [-0.1, -0.05) is 30.3 Å². The van der Waals surface area contributed by atoms with Crippen molar-refractivity contribution in [3.05, 3.63) is 47.2 Å². The molecule has 1 aromatic rings. The minimum absolute atomic E-state index is 0.127. The standard InChI is InChI=1S/C19H22N4/c1-22(2)23-18-11-7-6-10-16(18)12-17(19(23,13-20)14-21)15-8-4-3-5-9-15/h3-5,8-9,17H,6-7,10-12H2,1-2H3. The van der Waals surface area contributed by atoms with Gasteiger partial charge in [0, 0.05) is 25.7 Å². The van der Waals surface area contributed by atoms with Gasteiger partial charge >= 0.3 is 0 Å². The third-order valence-electron chi connectivity index (χ3n) is 5.04. The lowest BCUT2D eigenvalue weighted by atomic mass is 9.71. The van der Waals surface area contributed by atoms with Crippen molar-refractivity contribution >= 4 is 0 Å². The van der Waals surface area contributed by atoms with Crippen molar-refractivity contribution in [2.75, 3.05) is 14.1 Å². The highest BCUT2D eigenvalue weighted by Gasteiger charge is 2.52. The summed E-state index contributed by atoms with van der Waals surface area (Å²) in [5.74, 6) is -0.127. The van der Waals surface area contributed by atoms with Crippen LogP contribution in [0.4, 0.5) is 0 Å². The van der Waals surface area contributed by atoms with Gasteiger partial charge in [0.2, 0.25) is 5.54 Å². The molecular formula is C19H22N4. The molecule has 1 unspecified atom stereocenters.